The molecule has 0 bridgehead atoms. The van der Waals surface area contributed by atoms with Crippen molar-refractivity contribution < 1.29 is 19.8 Å². The number of carboxylic acid groups (broad SMARTS) is 1. The highest BCUT2D eigenvalue weighted by molar-refractivity contribution is 9.10. The summed E-state index contributed by atoms with van der Waals surface area (Å²) in [5, 5.41) is 18.8. The summed E-state index contributed by atoms with van der Waals surface area (Å²) in [6, 6.07) is 3.75. The van der Waals surface area contributed by atoms with Crippen LogP contribution in [-0.2, 0) is 4.79 Å². The number of hydrogen-bond donors (Lipinski definition) is 2. The van der Waals surface area contributed by atoms with Crippen LogP contribution in [0.15, 0.2) is 22.7 Å². The molecule has 0 aliphatic carbocycles. The van der Waals surface area contributed by atoms with Gasteiger partial charge in [0.2, 0.25) is 0 Å². The maximum absolute atomic E-state index is 12.2. The van der Waals surface area contributed by atoms with E-state index in [0.29, 0.717) is 23.9 Å². The smallest absolute Gasteiger partial charge is 0.326 e. The lowest BCUT2D eigenvalue weighted by atomic mass is 10.1. The Labute approximate surface area is 112 Å². The van der Waals surface area contributed by atoms with Crippen LogP contribution in [0.2, 0.25) is 0 Å². The number of aromatic hydroxyl groups is 1. The minimum Gasteiger partial charge on any atom is -0.507 e. The number of carboxylic acids is 1. The molecule has 1 atom stereocenters. The van der Waals surface area contributed by atoms with Gasteiger partial charge in [-0.3, -0.25) is 4.79 Å². The van der Waals surface area contributed by atoms with Gasteiger partial charge in [0, 0.05) is 11.0 Å². The molecule has 0 unspecified atom stereocenters. The summed E-state index contributed by atoms with van der Waals surface area (Å²) in [5.41, 5.74) is 0.131. The van der Waals surface area contributed by atoms with Crippen LogP contribution >= 0.6 is 15.9 Å². The highest BCUT2D eigenvalue weighted by Gasteiger charge is 2.35. The van der Waals surface area contributed by atoms with Gasteiger partial charge in [0.25, 0.3) is 5.91 Å². The molecule has 1 saturated heterocycles. The minimum absolute atomic E-state index is 0.131. The fourth-order valence-corrected chi connectivity index (χ4v) is 2.46. The lowest BCUT2D eigenvalue weighted by Crippen LogP contribution is -2.40. The molecule has 5 nitrogen and oxygen atoms in total. The Bertz CT molecular complexity index is 503. The molecule has 0 aromatic heterocycles. The zero-order valence-corrected chi connectivity index (χ0v) is 11.1. The van der Waals surface area contributed by atoms with E-state index >= 15 is 0 Å². The van der Waals surface area contributed by atoms with Crippen molar-refractivity contribution in [2.45, 2.75) is 18.9 Å². The van der Waals surface area contributed by atoms with E-state index in [4.69, 9.17) is 5.11 Å². The van der Waals surface area contributed by atoms with Gasteiger partial charge in [-0.05, 0) is 31.0 Å². The van der Waals surface area contributed by atoms with E-state index in [-0.39, 0.29) is 11.3 Å². The zero-order chi connectivity index (χ0) is 13.3. The second kappa shape index (κ2) is 4.97. The molecular formula is C12H12BrNO4. The number of carbonyl (C=O) groups excluding carboxylic acids is 1. The molecule has 18 heavy (non-hydrogen) atoms. The quantitative estimate of drug-likeness (QED) is 0.873. The molecule has 1 amide bonds. The Hall–Kier alpha value is -1.56. The molecule has 1 fully saturated rings. The number of rotatable bonds is 2. The fraction of sp³-hybridized carbons (Fsp3) is 0.333. The average Bonchev–Trinajstić information content (AvgIpc) is 2.77. The second-order valence-corrected chi connectivity index (χ2v) is 5.07. The molecule has 2 rings (SSSR count). The molecule has 0 saturated carbocycles. The number of benzene rings is 1. The summed E-state index contributed by atoms with van der Waals surface area (Å²) in [6.45, 7) is 0.408. The van der Waals surface area contributed by atoms with Gasteiger partial charge < -0.3 is 15.1 Å². The Balaban J connectivity index is 2.28. The van der Waals surface area contributed by atoms with Gasteiger partial charge in [-0.2, -0.15) is 0 Å². The molecule has 0 radical (unpaired) electrons. The number of nitrogens with zero attached hydrogens (tertiary/aromatic N) is 1. The molecule has 1 aliphatic heterocycles. The van der Waals surface area contributed by atoms with E-state index in [1.807, 2.05) is 0 Å². The standard InChI is InChI=1S/C12H12BrNO4/c13-7-3-4-8(10(15)6-7)11(16)14-5-1-2-9(14)12(17)18/h3-4,6,9,15H,1-2,5H2,(H,17,18)/t9-/m0/s1. The number of aliphatic carboxylic acids is 1. The van der Waals surface area contributed by atoms with Crippen LogP contribution in [-0.4, -0.2) is 39.6 Å². The molecule has 1 aromatic carbocycles. The van der Waals surface area contributed by atoms with Gasteiger partial charge in [-0.25, -0.2) is 4.79 Å². The summed E-state index contributed by atoms with van der Waals surface area (Å²) >= 11 is 3.18. The minimum atomic E-state index is -1.00. The number of phenols is 1. The topological polar surface area (TPSA) is 77.8 Å². The number of likely N-dealkylation sites (tertiary alicyclic amines) is 1. The van der Waals surface area contributed by atoms with E-state index in [9.17, 15) is 14.7 Å². The molecule has 6 heteroatoms. The van der Waals surface area contributed by atoms with Crippen molar-refractivity contribution in [2.24, 2.45) is 0 Å². The van der Waals surface area contributed by atoms with Gasteiger partial charge in [0.15, 0.2) is 0 Å². The third kappa shape index (κ3) is 2.33. The zero-order valence-electron chi connectivity index (χ0n) is 9.47. The van der Waals surface area contributed by atoms with Crippen LogP contribution in [0.4, 0.5) is 0 Å². The molecule has 1 heterocycles. The molecule has 0 spiro atoms. The number of carbonyl (C=O) groups is 2. The highest BCUT2D eigenvalue weighted by Crippen LogP contribution is 2.27. The third-order valence-corrected chi connectivity index (χ3v) is 3.48. The molecule has 1 aliphatic rings. The summed E-state index contributed by atoms with van der Waals surface area (Å²) in [7, 11) is 0. The van der Waals surface area contributed by atoms with Crippen molar-refractivity contribution in [1.29, 1.82) is 0 Å². The maximum Gasteiger partial charge on any atom is 0.326 e. The number of amides is 1. The lowest BCUT2D eigenvalue weighted by molar-refractivity contribution is -0.141. The second-order valence-electron chi connectivity index (χ2n) is 4.16. The summed E-state index contributed by atoms with van der Waals surface area (Å²) < 4.78 is 0.660. The van der Waals surface area contributed by atoms with E-state index in [1.165, 1.54) is 17.0 Å². The number of hydrogen-bond acceptors (Lipinski definition) is 3. The Kier molecular flexibility index (Phi) is 3.56. The Morgan fingerprint density at radius 1 is 1.39 bits per heavy atom. The first-order valence-electron chi connectivity index (χ1n) is 5.53. The monoisotopic (exact) mass is 313 g/mol. The van der Waals surface area contributed by atoms with Crippen LogP contribution in [0.25, 0.3) is 0 Å². The summed E-state index contributed by atoms with van der Waals surface area (Å²) in [4.78, 5) is 24.5. The van der Waals surface area contributed by atoms with E-state index in [0.717, 1.165) is 0 Å². The molecule has 2 N–H and O–H groups in total. The Morgan fingerprint density at radius 3 is 2.72 bits per heavy atom. The number of halogens is 1. The van der Waals surface area contributed by atoms with E-state index in [2.05, 4.69) is 15.9 Å². The van der Waals surface area contributed by atoms with Crippen molar-refractivity contribution >= 4 is 27.8 Å². The van der Waals surface area contributed by atoms with E-state index in [1.54, 1.807) is 6.07 Å². The number of phenolic OH excluding ortho intramolecular Hbond substituents is 1. The van der Waals surface area contributed by atoms with Crippen molar-refractivity contribution in [1.82, 2.24) is 4.90 Å². The lowest BCUT2D eigenvalue weighted by Gasteiger charge is -2.21. The van der Waals surface area contributed by atoms with E-state index < -0.39 is 17.9 Å². The first-order chi connectivity index (χ1) is 8.50. The van der Waals surface area contributed by atoms with Crippen molar-refractivity contribution in [2.75, 3.05) is 6.54 Å². The SMILES string of the molecule is O=C(O)[C@@H]1CCCN1C(=O)c1ccc(Br)cc1O. The van der Waals surface area contributed by atoms with Crippen LogP contribution in [0, 0.1) is 0 Å². The summed E-state index contributed by atoms with van der Waals surface area (Å²) in [6.07, 6.45) is 1.12. The van der Waals surface area contributed by atoms with Crippen LogP contribution in [0.3, 0.4) is 0 Å². The first kappa shape index (κ1) is 12.9. The fourth-order valence-electron chi connectivity index (χ4n) is 2.11. The van der Waals surface area contributed by atoms with Gasteiger partial charge >= 0.3 is 5.97 Å². The van der Waals surface area contributed by atoms with Crippen LogP contribution in [0.1, 0.15) is 23.2 Å². The van der Waals surface area contributed by atoms with Gasteiger partial charge in [-0.15, -0.1) is 0 Å². The average molecular weight is 314 g/mol. The Morgan fingerprint density at radius 2 is 2.11 bits per heavy atom. The molecule has 1 aromatic rings. The maximum atomic E-state index is 12.2. The van der Waals surface area contributed by atoms with Crippen LogP contribution in [0.5, 0.6) is 5.75 Å². The van der Waals surface area contributed by atoms with Gasteiger partial charge in [-0.1, -0.05) is 15.9 Å². The van der Waals surface area contributed by atoms with Gasteiger partial charge in [0.05, 0.1) is 5.56 Å². The molecular weight excluding hydrogens is 302 g/mol. The predicted octanol–water partition coefficient (Wildman–Crippen LogP) is 1.84. The third-order valence-electron chi connectivity index (χ3n) is 2.99. The highest BCUT2D eigenvalue weighted by atomic mass is 79.9. The normalized spacial score (nSPS) is 18.9. The summed E-state index contributed by atoms with van der Waals surface area (Å²) in [5.74, 6) is -1.59. The predicted molar refractivity (Wildman–Crippen MR) is 67.5 cm³/mol. The van der Waals surface area contributed by atoms with Crippen molar-refractivity contribution in [3.05, 3.63) is 28.2 Å². The first-order valence-corrected chi connectivity index (χ1v) is 6.32. The van der Waals surface area contributed by atoms with Crippen molar-refractivity contribution in [3.8, 4) is 5.75 Å². The van der Waals surface area contributed by atoms with Crippen molar-refractivity contribution in [3.63, 3.8) is 0 Å². The van der Waals surface area contributed by atoms with Crippen LogP contribution < -0.4 is 0 Å². The molecule has 96 valence electrons. The largest absolute Gasteiger partial charge is 0.507 e. The van der Waals surface area contributed by atoms with Gasteiger partial charge in [0.1, 0.15) is 11.8 Å².